The average molecular weight is 664 g/mol. The molecule has 0 N–H and O–H groups in total. The van der Waals surface area contributed by atoms with Crippen LogP contribution < -0.4 is 9.64 Å². The van der Waals surface area contributed by atoms with Crippen molar-refractivity contribution < 1.29 is 47.7 Å². The van der Waals surface area contributed by atoms with Gasteiger partial charge in [-0.1, -0.05) is 49.1 Å². The van der Waals surface area contributed by atoms with Gasteiger partial charge >= 0.3 is 23.9 Å². The molecule has 11 nitrogen and oxygen atoms in total. The Kier molecular flexibility index (Phi) is 9.57. The van der Waals surface area contributed by atoms with E-state index in [4.69, 9.17) is 23.7 Å². The van der Waals surface area contributed by atoms with Crippen LogP contribution in [0.1, 0.15) is 39.7 Å². The quantitative estimate of drug-likeness (QED) is 0.296. The number of ether oxygens (including phenoxy) is 5. The maximum Gasteiger partial charge on any atom is 0.345 e. The number of carbonyl (C=O) groups is 5. The Bertz CT molecular complexity index is 1530. The number of amides is 1. The van der Waals surface area contributed by atoms with Gasteiger partial charge in [-0.25, -0.2) is 19.2 Å². The van der Waals surface area contributed by atoms with Crippen LogP contribution in [0.5, 0.6) is 5.75 Å². The van der Waals surface area contributed by atoms with Crippen molar-refractivity contribution in [1.29, 1.82) is 0 Å². The summed E-state index contributed by atoms with van der Waals surface area (Å²) in [7, 11) is 6.18. The molecular weight excluding hydrogens is 631 g/mol. The molecule has 3 heterocycles. The zero-order valence-corrected chi connectivity index (χ0v) is 28.2. The third-order valence-corrected chi connectivity index (χ3v) is 12.3. The van der Waals surface area contributed by atoms with Crippen molar-refractivity contribution in [3.8, 4) is 5.75 Å². The van der Waals surface area contributed by atoms with Crippen LogP contribution in [-0.4, -0.2) is 75.0 Å². The van der Waals surface area contributed by atoms with Crippen molar-refractivity contribution in [2.45, 2.75) is 43.7 Å². The second-order valence-electron chi connectivity index (χ2n) is 10.4. The number of fused-ring (bicyclic) bond motifs is 3. The van der Waals surface area contributed by atoms with E-state index in [0.29, 0.717) is 33.9 Å². The Morgan fingerprint density at radius 1 is 0.818 bits per heavy atom. The fourth-order valence-corrected chi connectivity index (χ4v) is 10.3. The minimum atomic E-state index is -1.66. The number of hydrogen-bond donors (Lipinski definition) is 0. The maximum atomic E-state index is 14.0. The second-order valence-corrected chi connectivity index (χ2v) is 14.1. The molecule has 1 amide bonds. The van der Waals surface area contributed by atoms with Gasteiger partial charge in [0.15, 0.2) is 0 Å². The molecule has 0 fully saturated rings. The summed E-state index contributed by atoms with van der Waals surface area (Å²) in [5.41, 5.74) is 0.285. The van der Waals surface area contributed by atoms with E-state index >= 15 is 0 Å². The minimum Gasteiger partial charge on any atom is -0.497 e. The lowest BCUT2D eigenvalue weighted by atomic mass is 9.82. The van der Waals surface area contributed by atoms with Crippen LogP contribution in [0, 0.1) is 5.92 Å². The highest BCUT2D eigenvalue weighted by atomic mass is 32.2. The lowest BCUT2D eigenvalue weighted by molar-refractivity contribution is -0.138. The molecule has 0 saturated heterocycles. The molecule has 0 aromatic heterocycles. The highest BCUT2D eigenvalue weighted by molar-refractivity contribution is 8.26. The van der Waals surface area contributed by atoms with E-state index in [1.165, 1.54) is 35.5 Å². The van der Waals surface area contributed by atoms with Gasteiger partial charge in [0.1, 0.15) is 24.5 Å². The number of benzene rings is 1. The van der Waals surface area contributed by atoms with Crippen molar-refractivity contribution in [2.75, 3.05) is 40.4 Å². The molecule has 14 heteroatoms. The number of rotatable bonds is 7. The van der Waals surface area contributed by atoms with Crippen LogP contribution in [0.15, 0.2) is 43.4 Å². The first kappa shape index (κ1) is 33.5. The molecule has 1 aromatic rings. The Hall–Kier alpha value is -3.36. The van der Waals surface area contributed by atoms with E-state index < -0.39 is 33.5 Å². The van der Waals surface area contributed by atoms with Crippen molar-refractivity contribution in [3.05, 3.63) is 49.0 Å². The van der Waals surface area contributed by atoms with Crippen LogP contribution in [0.3, 0.4) is 0 Å². The van der Waals surface area contributed by atoms with Gasteiger partial charge in [0, 0.05) is 22.0 Å². The van der Waals surface area contributed by atoms with Crippen molar-refractivity contribution >= 4 is 76.3 Å². The molecule has 1 unspecified atom stereocenters. The predicted molar refractivity (Wildman–Crippen MR) is 169 cm³/mol. The second kappa shape index (κ2) is 12.6. The van der Waals surface area contributed by atoms with E-state index in [1.54, 1.807) is 23.1 Å². The lowest BCUT2D eigenvalue weighted by Crippen LogP contribution is -2.55. The standard InChI is InChI=1S/C30H33NO10S3/c1-10-14(2)24(32)31-17-12-11-15(37-5)13-16(17)18-23(29(31,3)4)42-20(26(34)39-7)19(25(33)38-6)30(18)43-21(27(35)40-8)22(44-30)28(36)41-9/h11-14H,10H2,1-9H3. The summed E-state index contributed by atoms with van der Waals surface area (Å²) in [6.45, 7) is 7.45. The van der Waals surface area contributed by atoms with Gasteiger partial charge < -0.3 is 28.6 Å². The first-order valence-electron chi connectivity index (χ1n) is 13.4. The number of anilines is 1. The van der Waals surface area contributed by atoms with Crippen LogP contribution in [0.2, 0.25) is 0 Å². The van der Waals surface area contributed by atoms with Gasteiger partial charge in [-0.2, -0.15) is 0 Å². The topological polar surface area (TPSA) is 135 Å². The number of esters is 4. The molecule has 4 rings (SSSR count). The van der Waals surface area contributed by atoms with Gasteiger partial charge in [0.25, 0.3) is 0 Å². The van der Waals surface area contributed by atoms with E-state index in [0.717, 1.165) is 35.3 Å². The summed E-state index contributed by atoms with van der Waals surface area (Å²) in [5.74, 6) is -3.42. The predicted octanol–water partition coefficient (Wildman–Crippen LogP) is 4.66. The SMILES string of the molecule is CCC(C)C(=O)N1c2ccc(OC)cc2C2=C(SC(C(=O)OC)=C(C(=O)OC)C23SC(C(=O)OC)=C(C(=O)OC)S3)C1(C)C. The Labute approximate surface area is 268 Å². The maximum absolute atomic E-state index is 14.0. The number of thioether (sulfide) groups is 3. The summed E-state index contributed by atoms with van der Waals surface area (Å²) in [6.07, 6.45) is 0.584. The number of hydrogen-bond acceptors (Lipinski definition) is 13. The summed E-state index contributed by atoms with van der Waals surface area (Å²) in [6, 6.07) is 5.21. The molecule has 236 valence electrons. The Balaban J connectivity index is 2.19. The lowest BCUT2D eigenvalue weighted by Gasteiger charge is -2.51. The summed E-state index contributed by atoms with van der Waals surface area (Å²) < 4.78 is 24.3. The van der Waals surface area contributed by atoms with Crippen molar-refractivity contribution in [3.63, 3.8) is 0 Å². The zero-order valence-electron chi connectivity index (χ0n) is 25.8. The molecule has 1 aromatic carbocycles. The monoisotopic (exact) mass is 663 g/mol. The van der Waals surface area contributed by atoms with Gasteiger partial charge in [0.05, 0.1) is 52.3 Å². The zero-order chi connectivity index (χ0) is 32.7. The van der Waals surface area contributed by atoms with Gasteiger partial charge in [0.2, 0.25) is 5.91 Å². The first-order valence-corrected chi connectivity index (χ1v) is 15.9. The molecular formula is C30H33NO10S3. The molecule has 0 aliphatic carbocycles. The van der Waals surface area contributed by atoms with E-state index in [2.05, 4.69) is 0 Å². The van der Waals surface area contributed by atoms with E-state index in [-0.39, 0.29) is 32.1 Å². The molecule has 0 radical (unpaired) electrons. The average Bonchev–Trinajstić information content (AvgIpc) is 3.42. The van der Waals surface area contributed by atoms with Gasteiger partial charge in [-0.3, -0.25) is 4.79 Å². The van der Waals surface area contributed by atoms with Crippen LogP contribution in [0.25, 0.3) is 5.57 Å². The summed E-state index contributed by atoms with van der Waals surface area (Å²) >= 11 is 2.73. The highest BCUT2D eigenvalue weighted by Gasteiger charge is 2.62. The number of carbonyl (C=O) groups excluding carboxylic acids is 5. The molecule has 0 bridgehead atoms. The van der Waals surface area contributed by atoms with E-state index in [1.807, 2.05) is 27.7 Å². The van der Waals surface area contributed by atoms with Crippen LogP contribution in [0.4, 0.5) is 5.69 Å². The van der Waals surface area contributed by atoms with Crippen molar-refractivity contribution in [2.24, 2.45) is 5.92 Å². The smallest absolute Gasteiger partial charge is 0.345 e. The summed E-state index contributed by atoms with van der Waals surface area (Å²) in [4.78, 5) is 69.3. The molecule has 0 saturated carbocycles. The molecule has 44 heavy (non-hydrogen) atoms. The molecule has 3 aliphatic rings. The number of methoxy groups -OCH3 is 5. The fourth-order valence-electron chi connectivity index (χ4n) is 5.21. The third-order valence-electron chi connectivity index (χ3n) is 7.60. The fraction of sp³-hybridized carbons (Fsp3) is 0.433. The van der Waals surface area contributed by atoms with Crippen LogP contribution in [-0.2, 0) is 42.9 Å². The molecule has 3 aliphatic heterocycles. The Morgan fingerprint density at radius 2 is 1.34 bits per heavy atom. The van der Waals surface area contributed by atoms with E-state index in [9.17, 15) is 24.0 Å². The normalized spacial score (nSPS) is 18.8. The Morgan fingerprint density at radius 3 is 1.82 bits per heavy atom. The molecule has 1 atom stereocenters. The van der Waals surface area contributed by atoms with Gasteiger partial charge in [-0.05, 0) is 38.5 Å². The minimum absolute atomic E-state index is 0.108. The first-order chi connectivity index (χ1) is 20.8. The molecule has 1 spiro atoms. The van der Waals surface area contributed by atoms with Crippen LogP contribution >= 0.6 is 35.3 Å². The summed E-state index contributed by atoms with van der Waals surface area (Å²) in [5, 5.41) is 0. The highest BCUT2D eigenvalue weighted by Crippen LogP contribution is 2.71. The van der Waals surface area contributed by atoms with Gasteiger partial charge in [-0.15, -0.1) is 0 Å². The number of nitrogens with zero attached hydrogens (tertiary/aromatic N) is 1. The largest absolute Gasteiger partial charge is 0.497 e. The third kappa shape index (κ3) is 5.10. The van der Waals surface area contributed by atoms with Crippen molar-refractivity contribution in [1.82, 2.24) is 0 Å².